The molecule has 7 heteroatoms. The molecule has 0 spiro atoms. The van der Waals surface area contributed by atoms with Gasteiger partial charge in [0.2, 0.25) is 0 Å². The highest BCUT2D eigenvalue weighted by Gasteiger charge is 2.23. The van der Waals surface area contributed by atoms with E-state index in [0.717, 1.165) is 36.8 Å². The Balaban J connectivity index is 1.64. The van der Waals surface area contributed by atoms with E-state index in [1.165, 1.54) is 12.1 Å². The maximum Gasteiger partial charge on any atom is 0.294 e. The van der Waals surface area contributed by atoms with Crippen LogP contribution in [0.2, 0.25) is 0 Å². The predicted octanol–water partition coefficient (Wildman–Crippen LogP) is 3.61. The minimum Gasteiger partial charge on any atom is -0.768 e. The molecule has 1 N–H and O–H groups in total. The molecule has 0 heterocycles. The molecule has 25 heavy (non-hydrogen) atoms. The Kier molecular flexibility index (Phi) is 5.38. The quantitative estimate of drug-likeness (QED) is 0.647. The average molecular weight is 379 g/mol. The van der Waals surface area contributed by atoms with E-state index in [-0.39, 0.29) is 4.90 Å². The molecule has 134 valence electrons. The van der Waals surface area contributed by atoms with E-state index in [1.54, 1.807) is 24.3 Å². The molecule has 0 bridgehead atoms. The summed E-state index contributed by atoms with van der Waals surface area (Å²) in [6.45, 7) is 0. The fourth-order valence-electron chi connectivity index (χ4n) is 3.52. The summed E-state index contributed by atoms with van der Waals surface area (Å²) in [6.07, 6.45) is 3.99. The first kappa shape index (κ1) is 18.3. The molecule has 1 fully saturated rings. The van der Waals surface area contributed by atoms with E-state index in [1.807, 2.05) is 12.1 Å². The normalized spacial score (nSPS) is 22.5. The van der Waals surface area contributed by atoms with Crippen LogP contribution in [0.3, 0.4) is 0 Å². The number of benzene rings is 2. The summed E-state index contributed by atoms with van der Waals surface area (Å²) in [4.78, 5) is 0.220. The minimum atomic E-state index is -4.15. The molecule has 5 nitrogen and oxygen atoms in total. The molecule has 0 aliphatic heterocycles. The Labute approximate surface area is 150 Å². The molecule has 2 aromatic rings. The summed E-state index contributed by atoms with van der Waals surface area (Å²) in [5, 5.41) is 0. The third-order valence-corrected chi connectivity index (χ3v) is 6.45. The Morgan fingerprint density at radius 1 is 0.840 bits per heavy atom. The Hall–Kier alpha value is -1.54. The van der Waals surface area contributed by atoms with Gasteiger partial charge in [-0.15, -0.1) is 0 Å². The molecule has 1 atom stereocenters. The Morgan fingerprint density at radius 2 is 1.24 bits per heavy atom. The number of hydrogen-bond donors (Lipinski definition) is 1. The first-order chi connectivity index (χ1) is 11.8. The lowest BCUT2D eigenvalue weighted by Crippen LogP contribution is -2.12. The highest BCUT2D eigenvalue weighted by molar-refractivity contribution is 7.85. The molecule has 1 unspecified atom stereocenters. The van der Waals surface area contributed by atoms with Crippen LogP contribution in [0.5, 0.6) is 0 Å². The van der Waals surface area contributed by atoms with E-state index in [2.05, 4.69) is 0 Å². The standard InChI is InChI=1S/C18H20O5S2/c19-24(20)17-9-5-15(6-10-17)13-1-3-14(4-2-13)16-7-11-18(12-8-16)25(21,22)23/h5-14H,1-4H2,(H,19,20)(H,21,22,23)/p-1. The van der Waals surface area contributed by atoms with E-state index in [0.29, 0.717) is 16.7 Å². The first-order valence-electron chi connectivity index (χ1n) is 8.11. The van der Waals surface area contributed by atoms with Crippen LogP contribution >= 0.6 is 0 Å². The smallest absolute Gasteiger partial charge is 0.294 e. The molecular formula is C18H19O5S2-. The van der Waals surface area contributed by atoms with Crippen LogP contribution in [0.15, 0.2) is 58.3 Å². The largest absolute Gasteiger partial charge is 0.768 e. The van der Waals surface area contributed by atoms with E-state index in [4.69, 9.17) is 4.55 Å². The number of hydrogen-bond acceptors (Lipinski definition) is 4. The van der Waals surface area contributed by atoms with Gasteiger partial charge < -0.3 is 4.55 Å². The van der Waals surface area contributed by atoms with Crippen molar-refractivity contribution in [3.05, 3.63) is 59.7 Å². The summed E-state index contributed by atoms with van der Waals surface area (Å²) in [5.41, 5.74) is 2.25. The zero-order valence-corrected chi connectivity index (χ0v) is 15.1. The van der Waals surface area contributed by atoms with Crippen LogP contribution in [-0.2, 0) is 21.2 Å². The van der Waals surface area contributed by atoms with Crippen molar-refractivity contribution in [1.29, 1.82) is 0 Å². The molecule has 1 aliphatic rings. The van der Waals surface area contributed by atoms with Gasteiger partial charge >= 0.3 is 0 Å². The van der Waals surface area contributed by atoms with Crippen molar-refractivity contribution >= 4 is 21.2 Å². The summed E-state index contributed by atoms with van der Waals surface area (Å²) in [6, 6.07) is 13.5. The van der Waals surface area contributed by atoms with Gasteiger partial charge in [0.15, 0.2) is 0 Å². The summed E-state index contributed by atoms with van der Waals surface area (Å²) < 4.78 is 53.1. The number of rotatable bonds is 4. The predicted molar refractivity (Wildman–Crippen MR) is 93.8 cm³/mol. The van der Waals surface area contributed by atoms with Crippen molar-refractivity contribution < 1.29 is 21.7 Å². The van der Waals surface area contributed by atoms with E-state index >= 15 is 0 Å². The second-order valence-electron chi connectivity index (χ2n) is 6.40. The van der Waals surface area contributed by atoms with Crippen LogP contribution in [0.25, 0.3) is 0 Å². The van der Waals surface area contributed by atoms with Crippen LogP contribution in [0.4, 0.5) is 0 Å². The van der Waals surface area contributed by atoms with Crippen molar-refractivity contribution in [2.45, 2.75) is 47.3 Å². The second kappa shape index (κ2) is 7.37. The fraction of sp³-hybridized carbons (Fsp3) is 0.333. The molecular weight excluding hydrogens is 360 g/mol. The van der Waals surface area contributed by atoms with Crippen LogP contribution in [-0.4, -0.2) is 21.7 Å². The van der Waals surface area contributed by atoms with Crippen molar-refractivity contribution in [1.82, 2.24) is 0 Å². The molecule has 2 aromatic carbocycles. The first-order valence-corrected chi connectivity index (χ1v) is 10.6. The Bertz CT molecular complexity index is 849. The molecule has 1 saturated carbocycles. The third kappa shape index (κ3) is 4.36. The summed E-state index contributed by atoms with van der Waals surface area (Å²) in [7, 11) is -4.15. The van der Waals surface area contributed by atoms with Gasteiger partial charge in [0.1, 0.15) is 0 Å². The highest BCUT2D eigenvalue weighted by atomic mass is 32.2. The summed E-state index contributed by atoms with van der Waals surface area (Å²) >= 11 is -2.19. The monoisotopic (exact) mass is 379 g/mol. The minimum absolute atomic E-state index is 0.0826. The van der Waals surface area contributed by atoms with E-state index < -0.39 is 21.2 Å². The Morgan fingerprint density at radius 3 is 1.60 bits per heavy atom. The topological polar surface area (TPSA) is 94.5 Å². The van der Waals surface area contributed by atoms with E-state index in [9.17, 15) is 17.2 Å². The molecule has 1 aliphatic carbocycles. The van der Waals surface area contributed by atoms with Gasteiger partial charge in [-0.1, -0.05) is 24.3 Å². The molecule has 0 saturated heterocycles. The van der Waals surface area contributed by atoms with Gasteiger partial charge in [-0.25, -0.2) is 0 Å². The van der Waals surface area contributed by atoms with Crippen molar-refractivity contribution in [2.75, 3.05) is 0 Å². The highest BCUT2D eigenvalue weighted by Crippen LogP contribution is 2.40. The lowest BCUT2D eigenvalue weighted by Gasteiger charge is -2.29. The maximum absolute atomic E-state index is 11.1. The molecule has 0 radical (unpaired) electrons. The second-order valence-corrected chi connectivity index (χ2v) is 8.76. The maximum atomic E-state index is 11.1. The van der Waals surface area contributed by atoms with Crippen LogP contribution in [0, 0.1) is 0 Å². The summed E-state index contributed by atoms with van der Waals surface area (Å²) in [5.74, 6) is 0.794. The van der Waals surface area contributed by atoms with Crippen LogP contribution < -0.4 is 0 Å². The van der Waals surface area contributed by atoms with Gasteiger partial charge in [-0.3, -0.25) is 8.76 Å². The van der Waals surface area contributed by atoms with Crippen molar-refractivity contribution in [2.24, 2.45) is 0 Å². The van der Waals surface area contributed by atoms with Gasteiger partial charge in [0.05, 0.1) is 4.90 Å². The lowest BCUT2D eigenvalue weighted by molar-refractivity contribution is 0.396. The van der Waals surface area contributed by atoms with Gasteiger partial charge in [-0.05, 0) is 84.0 Å². The lowest BCUT2D eigenvalue weighted by atomic mass is 9.76. The third-order valence-electron chi connectivity index (χ3n) is 4.92. The van der Waals surface area contributed by atoms with Gasteiger partial charge in [-0.2, -0.15) is 8.42 Å². The zero-order valence-electron chi connectivity index (χ0n) is 13.5. The van der Waals surface area contributed by atoms with Crippen LogP contribution in [0.1, 0.15) is 48.6 Å². The van der Waals surface area contributed by atoms with Gasteiger partial charge in [0.25, 0.3) is 10.1 Å². The SMILES string of the molecule is O=S([O-])c1ccc(C2CCC(c3ccc(S(=O)(=O)O)cc3)CC2)cc1. The molecule has 0 amide bonds. The molecule has 3 rings (SSSR count). The zero-order chi connectivity index (χ0) is 18.0. The fourth-order valence-corrected chi connectivity index (χ4v) is 4.36. The molecule has 0 aromatic heterocycles. The van der Waals surface area contributed by atoms with Crippen molar-refractivity contribution in [3.8, 4) is 0 Å². The van der Waals surface area contributed by atoms with Gasteiger partial charge in [0, 0.05) is 4.90 Å². The van der Waals surface area contributed by atoms with Crippen molar-refractivity contribution in [3.63, 3.8) is 0 Å². The average Bonchev–Trinajstić information content (AvgIpc) is 2.61.